The van der Waals surface area contributed by atoms with Crippen LogP contribution in [0.3, 0.4) is 0 Å². The van der Waals surface area contributed by atoms with E-state index in [1.807, 2.05) is 0 Å². The number of hydrogen-bond donors (Lipinski definition) is 3. The molecule has 7 heteroatoms. The summed E-state index contributed by atoms with van der Waals surface area (Å²) in [5.41, 5.74) is 5.01. The fourth-order valence-electron chi connectivity index (χ4n) is 0.739. The fraction of sp³-hybridized carbons (Fsp3) is 0.125. The summed E-state index contributed by atoms with van der Waals surface area (Å²) < 4.78 is 0. The highest BCUT2D eigenvalue weighted by atomic mass is 32.2. The molecule has 4 N–H and O–H groups in total. The van der Waals surface area contributed by atoms with Crippen molar-refractivity contribution < 1.29 is 9.90 Å². The number of nitrogens with zero attached hydrogens (tertiary/aromatic N) is 1. The minimum absolute atomic E-state index is 0.0325. The summed E-state index contributed by atoms with van der Waals surface area (Å²) in [4.78, 5) is 27.6. The number of anilines is 1. The first-order chi connectivity index (χ1) is 6.99. The lowest BCUT2D eigenvalue weighted by molar-refractivity contribution is -0.132. The summed E-state index contributed by atoms with van der Waals surface area (Å²) in [5.74, 6) is -0.835. The molecule has 0 aromatic carbocycles. The first-order valence-electron chi connectivity index (χ1n) is 3.90. The summed E-state index contributed by atoms with van der Waals surface area (Å²) in [7, 11) is 0. The van der Waals surface area contributed by atoms with Crippen molar-refractivity contribution in [2.45, 2.75) is 5.16 Å². The average molecular weight is 227 g/mol. The summed E-state index contributed by atoms with van der Waals surface area (Å²) in [6, 6.07) is 1.15. The van der Waals surface area contributed by atoms with E-state index in [-0.39, 0.29) is 27.9 Å². The zero-order valence-corrected chi connectivity index (χ0v) is 8.50. The van der Waals surface area contributed by atoms with Crippen LogP contribution in [-0.2, 0) is 4.79 Å². The van der Waals surface area contributed by atoms with E-state index >= 15 is 0 Å². The molecule has 15 heavy (non-hydrogen) atoms. The Morgan fingerprint density at radius 3 is 2.93 bits per heavy atom. The molecular formula is C8H9N3O3S. The predicted octanol–water partition coefficient (Wildman–Crippen LogP) is 0.0850. The average Bonchev–Trinajstić information content (AvgIpc) is 2.12. The molecule has 0 unspecified atom stereocenters. The van der Waals surface area contributed by atoms with Gasteiger partial charge in [-0.2, -0.15) is 0 Å². The second-order valence-electron chi connectivity index (χ2n) is 2.67. The lowest BCUT2D eigenvalue weighted by atomic mass is 10.4. The van der Waals surface area contributed by atoms with Gasteiger partial charge in [0.15, 0.2) is 5.16 Å². The van der Waals surface area contributed by atoms with Gasteiger partial charge in [0, 0.05) is 17.4 Å². The predicted molar refractivity (Wildman–Crippen MR) is 56.8 cm³/mol. The highest BCUT2D eigenvalue weighted by molar-refractivity contribution is 7.99. The van der Waals surface area contributed by atoms with E-state index in [1.165, 1.54) is 0 Å². The molecule has 1 aromatic rings. The van der Waals surface area contributed by atoms with Gasteiger partial charge in [-0.25, -0.2) is 9.78 Å². The Bertz CT molecular complexity index is 455. The van der Waals surface area contributed by atoms with E-state index in [1.54, 1.807) is 0 Å². The number of nitrogen functional groups attached to an aromatic ring is 1. The molecule has 0 amide bonds. The van der Waals surface area contributed by atoms with Crippen LogP contribution in [0.5, 0.6) is 0 Å². The molecule has 0 fully saturated rings. The number of nitrogens with one attached hydrogen (secondary N) is 1. The molecule has 0 bridgehead atoms. The molecule has 1 rings (SSSR count). The van der Waals surface area contributed by atoms with Gasteiger partial charge in [-0.3, -0.25) is 4.79 Å². The zero-order valence-electron chi connectivity index (χ0n) is 7.69. The third kappa shape index (κ3) is 3.47. The van der Waals surface area contributed by atoms with Crippen LogP contribution in [-0.4, -0.2) is 26.8 Å². The molecule has 6 nitrogen and oxygen atoms in total. The van der Waals surface area contributed by atoms with Crippen LogP contribution in [0, 0.1) is 0 Å². The quantitative estimate of drug-likeness (QED) is 0.382. The number of aromatic nitrogens is 2. The van der Waals surface area contributed by atoms with Crippen LogP contribution in [0.25, 0.3) is 0 Å². The number of carboxylic acid groups (broad SMARTS) is 1. The van der Waals surface area contributed by atoms with Gasteiger partial charge in [-0.05, 0) is 0 Å². The van der Waals surface area contributed by atoms with Crippen LogP contribution in [0.2, 0.25) is 0 Å². The number of rotatable bonds is 4. The highest BCUT2D eigenvalue weighted by Crippen LogP contribution is 2.14. The van der Waals surface area contributed by atoms with E-state index in [4.69, 9.17) is 10.8 Å². The zero-order chi connectivity index (χ0) is 11.4. The molecule has 0 saturated heterocycles. The van der Waals surface area contributed by atoms with Gasteiger partial charge in [0.05, 0.1) is 0 Å². The fourth-order valence-corrected chi connectivity index (χ4v) is 1.52. The SMILES string of the molecule is C=C(CSc1nc(N)cc(=O)[nH]1)C(=O)O. The number of aliphatic carboxylic acids is 1. The maximum atomic E-state index is 11.0. The van der Waals surface area contributed by atoms with Crippen molar-refractivity contribution in [2.75, 3.05) is 11.5 Å². The number of aromatic amines is 1. The van der Waals surface area contributed by atoms with E-state index in [0.717, 1.165) is 17.8 Å². The van der Waals surface area contributed by atoms with Gasteiger partial charge >= 0.3 is 5.97 Å². The Balaban J connectivity index is 2.70. The molecular weight excluding hydrogens is 218 g/mol. The van der Waals surface area contributed by atoms with Crippen LogP contribution in [0.15, 0.2) is 28.2 Å². The Labute approximate surface area is 89.2 Å². The van der Waals surface area contributed by atoms with Gasteiger partial charge in [0.1, 0.15) is 5.82 Å². The maximum Gasteiger partial charge on any atom is 0.331 e. The van der Waals surface area contributed by atoms with Crippen molar-refractivity contribution in [3.05, 3.63) is 28.6 Å². The van der Waals surface area contributed by atoms with Crippen LogP contribution in [0.4, 0.5) is 5.82 Å². The second-order valence-corrected chi connectivity index (χ2v) is 3.64. The first-order valence-corrected chi connectivity index (χ1v) is 4.88. The monoisotopic (exact) mass is 227 g/mol. The van der Waals surface area contributed by atoms with Crippen molar-refractivity contribution >= 4 is 23.5 Å². The standard InChI is InChI=1S/C8H9N3O3S/c1-4(7(13)14)3-15-8-10-5(9)2-6(12)11-8/h2H,1,3H2,(H,13,14)(H3,9,10,11,12). The Kier molecular flexibility index (Phi) is 3.51. The summed E-state index contributed by atoms with van der Waals surface area (Å²) >= 11 is 1.06. The molecule has 0 saturated carbocycles. The smallest absolute Gasteiger partial charge is 0.331 e. The van der Waals surface area contributed by atoms with Crippen molar-refractivity contribution in [1.29, 1.82) is 0 Å². The van der Waals surface area contributed by atoms with E-state index < -0.39 is 5.97 Å². The minimum Gasteiger partial charge on any atom is -0.478 e. The molecule has 0 aliphatic rings. The summed E-state index contributed by atoms with van der Waals surface area (Å²) in [6.45, 7) is 3.34. The summed E-state index contributed by atoms with van der Waals surface area (Å²) in [6.07, 6.45) is 0. The topological polar surface area (TPSA) is 109 Å². The van der Waals surface area contributed by atoms with E-state index in [9.17, 15) is 9.59 Å². The number of H-pyrrole nitrogens is 1. The van der Waals surface area contributed by atoms with Crippen LogP contribution in [0.1, 0.15) is 0 Å². The number of thioether (sulfide) groups is 1. The second kappa shape index (κ2) is 4.65. The van der Waals surface area contributed by atoms with Crippen molar-refractivity contribution in [3.63, 3.8) is 0 Å². The van der Waals surface area contributed by atoms with Gasteiger partial charge in [0.2, 0.25) is 0 Å². The number of nitrogens with two attached hydrogens (primary N) is 1. The molecule has 1 aromatic heterocycles. The van der Waals surface area contributed by atoms with Crippen molar-refractivity contribution in [3.8, 4) is 0 Å². The van der Waals surface area contributed by atoms with E-state index in [0.29, 0.717) is 0 Å². The molecule has 0 aliphatic heterocycles. The van der Waals surface area contributed by atoms with Gasteiger partial charge < -0.3 is 15.8 Å². The Morgan fingerprint density at radius 1 is 1.73 bits per heavy atom. The molecule has 0 spiro atoms. The third-order valence-corrected chi connectivity index (χ3v) is 2.38. The number of hydrogen-bond acceptors (Lipinski definition) is 5. The van der Waals surface area contributed by atoms with E-state index in [2.05, 4.69) is 16.5 Å². The molecule has 80 valence electrons. The van der Waals surface area contributed by atoms with Crippen LogP contribution < -0.4 is 11.3 Å². The molecule has 0 atom stereocenters. The van der Waals surface area contributed by atoms with Crippen molar-refractivity contribution in [1.82, 2.24) is 9.97 Å². The maximum absolute atomic E-state index is 11.0. The normalized spacial score (nSPS) is 9.87. The van der Waals surface area contributed by atoms with Crippen molar-refractivity contribution in [2.24, 2.45) is 0 Å². The number of carboxylic acids is 1. The van der Waals surface area contributed by atoms with Gasteiger partial charge in [0.25, 0.3) is 5.56 Å². The molecule has 1 heterocycles. The lowest BCUT2D eigenvalue weighted by Gasteiger charge is -2.00. The van der Waals surface area contributed by atoms with Gasteiger partial charge in [-0.15, -0.1) is 0 Å². The first kappa shape index (κ1) is 11.3. The van der Waals surface area contributed by atoms with Gasteiger partial charge in [-0.1, -0.05) is 18.3 Å². The molecule has 0 radical (unpaired) electrons. The Morgan fingerprint density at radius 2 is 2.40 bits per heavy atom. The number of carbonyl (C=O) groups is 1. The minimum atomic E-state index is -1.08. The molecule has 0 aliphatic carbocycles. The highest BCUT2D eigenvalue weighted by Gasteiger charge is 2.06. The summed E-state index contributed by atoms with van der Waals surface area (Å²) in [5, 5.41) is 8.82. The third-order valence-electron chi connectivity index (χ3n) is 1.43. The lowest BCUT2D eigenvalue weighted by Crippen LogP contribution is -2.10. The Hall–Kier alpha value is -1.76. The largest absolute Gasteiger partial charge is 0.478 e. The van der Waals surface area contributed by atoms with Crippen LogP contribution >= 0.6 is 11.8 Å².